The zero-order chi connectivity index (χ0) is 17.4. The average molecular weight is 334 g/mol. The minimum Gasteiger partial charge on any atom is -0.467 e. The fraction of sp³-hybridized carbons (Fsp3) is 0.579. The highest BCUT2D eigenvalue weighted by Crippen LogP contribution is 2.10. The third-order valence-corrected chi connectivity index (χ3v) is 4.06. The second-order valence-corrected chi connectivity index (χ2v) is 6.78. The van der Waals surface area contributed by atoms with Crippen LogP contribution in [0.3, 0.4) is 0 Å². The van der Waals surface area contributed by atoms with Gasteiger partial charge in [-0.05, 0) is 43.1 Å². The number of nitrogens with zero attached hydrogens (tertiary/aromatic N) is 2. The molecule has 24 heavy (non-hydrogen) atoms. The van der Waals surface area contributed by atoms with Crippen molar-refractivity contribution in [3.8, 4) is 0 Å². The molecule has 2 heterocycles. The van der Waals surface area contributed by atoms with E-state index in [1.807, 2.05) is 12.1 Å². The summed E-state index contributed by atoms with van der Waals surface area (Å²) in [6.45, 7) is 7.58. The molecule has 134 valence electrons. The number of ether oxygens (including phenoxy) is 1. The summed E-state index contributed by atoms with van der Waals surface area (Å²) in [6.07, 6.45) is 4.29. The molecule has 0 bridgehead atoms. The maximum absolute atomic E-state index is 10.3. The third-order valence-electron chi connectivity index (χ3n) is 4.06. The summed E-state index contributed by atoms with van der Waals surface area (Å²) in [5.74, 6) is 1.43. The second kappa shape index (κ2) is 9.67. The molecule has 2 rings (SSSR count). The lowest BCUT2D eigenvalue weighted by Crippen LogP contribution is -2.36. The highest BCUT2D eigenvalue weighted by Gasteiger charge is 2.14. The summed E-state index contributed by atoms with van der Waals surface area (Å²) in [5, 5.41) is 10.3. The molecule has 0 unspecified atom stereocenters. The monoisotopic (exact) mass is 334 g/mol. The molecule has 5 nitrogen and oxygen atoms in total. The molecule has 0 fully saturated rings. The van der Waals surface area contributed by atoms with Gasteiger partial charge in [0.2, 0.25) is 0 Å². The number of rotatable bonds is 11. The Labute approximate surface area is 144 Å². The van der Waals surface area contributed by atoms with Gasteiger partial charge in [0.25, 0.3) is 0 Å². The predicted molar refractivity (Wildman–Crippen MR) is 94.5 cm³/mol. The molecular formula is C19H30N2O3. The molecule has 1 atom stereocenters. The summed E-state index contributed by atoms with van der Waals surface area (Å²) >= 11 is 0. The highest BCUT2D eigenvalue weighted by atomic mass is 16.5. The number of furan rings is 1. The number of hydrogen-bond donors (Lipinski definition) is 1. The van der Waals surface area contributed by atoms with E-state index in [0.29, 0.717) is 25.7 Å². The van der Waals surface area contributed by atoms with Crippen LogP contribution in [0.15, 0.2) is 41.1 Å². The van der Waals surface area contributed by atoms with Crippen LogP contribution in [-0.2, 0) is 24.9 Å². The van der Waals surface area contributed by atoms with Gasteiger partial charge in [-0.15, -0.1) is 0 Å². The van der Waals surface area contributed by atoms with Gasteiger partial charge in [0, 0.05) is 32.0 Å². The van der Waals surface area contributed by atoms with Crippen molar-refractivity contribution in [2.75, 3.05) is 19.7 Å². The van der Waals surface area contributed by atoms with Crippen LogP contribution in [-0.4, -0.2) is 40.4 Å². The molecule has 0 aliphatic heterocycles. The van der Waals surface area contributed by atoms with E-state index in [1.54, 1.807) is 6.26 Å². The second-order valence-electron chi connectivity index (χ2n) is 6.78. The first-order valence-electron chi connectivity index (χ1n) is 8.65. The van der Waals surface area contributed by atoms with Crippen LogP contribution in [0.25, 0.3) is 0 Å². The van der Waals surface area contributed by atoms with E-state index >= 15 is 0 Å². The summed E-state index contributed by atoms with van der Waals surface area (Å²) < 4.78 is 12.9. The van der Waals surface area contributed by atoms with Crippen LogP contribution >= 0.6 is 0 Å². The number of aliphatic hydroxyl groups is 1. The van der Waals surface area contributed by atoms with Crippen LogP contribution in [0.2, 0.25) is 0 Å². The van der Waals surface area contributed by atoms with Gasteiger partial charge < -0.3 is 18.8 Å². The Kier molecular flexibility index (Phi) is 7.56. The molecule has 2 aromatic rings. The topological polar surface area (TPSA) is 50.8 Å². The first-order valence-corrected chi connectivity index (χ1v) is 8.65. The van der Waals surface area contributed by atoms with Gasteiger partial charge in [0.1, 0.15) is 12.4 Å². The molecule has 0 aliphatic rings. The summed E-state index contributed by atoms with van der Waals surface area (Å²) in [4.78, 5) is 2.30. The Morgan fingerprint density at radius 2 is 2.12 bits per heavy atom. The van der Waals surface area contributed by atoms with E-state index in [4.69, 9.17) is 9.15 Å². The Morgan fingerprint density at radius 1 is 1.29 bits per heavy atom. The first-order chi connectivity index (χ1) is 11.5. The number of aryl methyl sites for hydroxylation is 1. The number of aromatic nitrogens is 1. The number of hydrogen-bond acceptors (Lipinski definition) is 4. The van der Waals surface area contributed by atoms with E-state index in [2.05, 4.69) is 48.7 Å². The minimum absolute atomic E-state index is 0.312. The Hall–Kier alpha value is -1.56. The fourth-order valence-corrected chi connectivity index (χ4v) is 2.61. The van der Waals surface area contributed by atoms with Crippen molar-refractivity contribution in [1.29, 1.82) is 0 Å². The van der Waals surface area contributed by atoms with Crippen molar-refractivity contribution in [1.82, 2.24) is 9.47 Å². The molecule has 1 N–H and O–H groups in total. The Morgan fingerprint density at radius 3 is 2.75 bits per heavy atom. The van der Waals surface area contributed by atoms with E-state index in [-0.39, 0.29) is 0 Å². The highest BCUT2D eigenvalue weighted by molar-refractivity contribution is 5.06. The maximum atomic E-state index is 10.3. The van der Waals surface area contributed by atoms with Crippen LogP contribution in [0.5, 0.6) is 0 Å². The van der Waals surface area contributed by atoms with Gasteiger partial charge in [-0.2, -0.15) is 0 Å². The van der Waals surface area contributed by atoms with Crippen LogP contribution in [0.4, 0.5) is 0 Å². The van der Waals surface area contributed by atoms with E-state index in [9.17, 15) is 5.11 Å². The van der Waals surface area contributed by atoms with Crippen molar-refractivity contribution < 1.29 is 14.3 Å². The third kappa shape index (κ3) is 6.51. The largest absolute Gasteiger partial charge is 0.467 e. The van der Waals surface area contributed by atoms with Crippen LogP contribution in [0, 0.1) is 5.92 Å². The van der Waals surface area contributed by atoms with Crippen LogP contribution < -0.4 is 0 Å². The van der Waals surface area contributed by atoms with Gasteiger partial charge in [0.15, 0.2) is 0 Å². The molecular weight excluding hydrogens is 304 g/mol. The lowest BCUT2D eigenvalue weighted by atomic mass is 10.1. The normalized spacial score (nSPS) is 13.1. The van der Waals surface area contributed by atoms with Gasteiger partial charge in [-0.3, -0.25) is 4.90 Å². The van der Waals surface area contributed by atoms with E-state index < -0.39 is 6.10 Å². The van der Waals surface area contributed by atoms with Crippen molar-refractivity contribution in [2.45, 2.75) is 39.5 Å². The van der Waals surface area contributed by atoms with Crippen LogP contribution in [0.1, 0.15) is 31.7 Å². The molecule has 0 radical (unpaired) electrons. The SMILES string of the molecule is CC(C)CCN(Cc1cccn1C)C[C@@H](O)COCc1ccco1. The zero-order valence-electron chi connectivity index (χ0n) is 15.0. The van der Waals surface area contributed by atoms with Crippen molar-refractivity contribution in [2.24, 2.45) is 13.0 Å². The Bertz CT molecular complexity index is 563. The quantitative estimate of drug-likeness (QED) is 0.686. The standard InChI is InChI=1S/C19H30N2O3/c1-16(2)8-10-21(12-17-6-4-9-20(17)3)13-18(22)14-23-15-19-7-5-11-24-19/h4-7,9,11,16,18,22H,8,10,12-15H2,1-3H3/t18-/m1/s1. The maximum Gasteiger partial charge on any atom is 0.129 e. The van der Waals surface area contributed by atoms with Gasteiger partial charge in [-0.25, -0.2) is 0 Å². The lowest BCUT2D eigenvalue weighted by molar-refractivity contribution is 0.00298. The summed E-state index contributed by atoms with van der Waals surface area (Å²) in [5.41, 5.74) is 1.25. The van der Waals surface area contributed by atoms with E-state index in [0.717, 1.165) is 25.3 Å². The van der Waals surface area contributed by atoms with Gasteiger partial charge in [0.05, 0.1) is 19.0 Å². The van der Waals surface area contributed by atoms with Crippen molar-refractivity contribution >= 4 is 0 Å². The molecule has 0 aromatic carbocycles. The van der Waals surface area contributed by atoms with Gasteiger partial charge >= 0.3 is 0 Å². The molecule has 0 aliphatic carbocycles. The molecule has 0 saturated carbocycles. The molecule has 5 heteroatoms. The lowest BCUT2D eigenvalue weighted by Gasteiger charge is -2.26. The Balaban J connectivity index is 1.80. The summed E-state index contributed by atoms with van der Waals surface area (Å²) in [6, 6.07) is 7.89. The average Bonchev–Trinajstić information content (AvgIpc) is 3.17. The molecule has 2 aromatic heterocycles. The van der Waals surface area contributed by atoms with Crippen molar-refractivity contribution in [3.05, 3.63) is 48.2 Å². The van der Waals surface area contributed by atoms with Crippen molar-refractivity contribution in [3.63, 3.8) is 0 Å². The zero-order valence-corrected chi connectivity index (χ0v) is 15.0. The minimum atomic E-state index is -0.507. The molecule has 0 amide bonds. The predicted octanol–water partition coefficient (Wildman–Crippen LogP) is 3.04. The number of aliphatic hydroxyl groups excluding tert-OH is 1. The van der Waals surface area contributed by atoms with E-state index in [1.165, 1.54) is 5.69 Å². The van der Waals surface area contributed by atoms with Gasteiger partial charge in [-0.1, -0.05) is 13.8 Å². The smallest absolute Gasteiger partial charge is 0.129 e. The summed E-state index contributed by atoms with van der Waals surface area (Å²) in [7, 11) is 2.05. The molecule has 0 spiro atoms. The fourth-order valence-electron chi connectivity index (χ4n) is 2.61. The first kappa shape index (κ1) is 18.8. The molecule has 0 saturated heterocycles.